The van der Waals surface area contributed by atoms with E-state index in [-0.39, 0.29) is 12.3 Å². The summed E-state index contributed by atoms with van der Waals surface area (Å²) in [5, 5.41) is 13.8. The molecule has 25 heavy (non-hydrogen) atoms. The van der Waals surface area contributed by atoms with Crippen molar-refractivity contribution in [1.82, 2.24) is 10.2 Å². The Hall–Kier alpha value is -1.51. The quantitative estimate of drug-likeness (QED) is 0.645. The van der Waals surface area contributed by atoms with Gasteiger partial charge in [0, 0.05) is 12.2 Å². The number of hydrogen-bond acceptors (Lipinski definition) is 3. The van der Waals surface area contributed by atoms with Crippen LogP contribution in [0.15, 0.2) is 18.2 Å². The fraction of sp³-hybridized carbons (Fsp3) is 0.562. The first-order chi connectivity index (χ1) is 11.7. The summed E-state index contributed by atoms with van der Waals surface area (Å²) in [5.74, 6) is 0. The smallest absolute Gasteiger partial charge is 0.394 e. The number of benzene rings is 1. The molecule has 2 amide bonds. The maximum Gasteiger partial charge on any atom is 0.417 e. The Labute approximate surface area is 150 Å². The van der Waals surface area contributed by atoms with Gasteiger partial charge in [0.15, 0.2) is 0 Å². The number of amides is 2. The van der Waals surface area contributed by atoms with E-state index in [1.807, 2.05) is 13.8 Å². The maximum absolute atomic E-state index is 12.8. The Morgan fingerprint density at radius 1 is 1.32 bits per heavy atom. The topological polar surface area (TPSA) is 64.6 Å². The van der Waals surface area contributed by atoms with E-state index < -0.39 is 28.8 Å². The van der Waals surface area contributed by atoms with Crippen molar-refractivity contribution in [3.8, 4) is 0 Å². The van der Waals surface area contributed by atoms with Gasteiger partial charge >= 0.3 is 12.2 Å². The summed E-state index contributed by atoms with van der Waals surface area (Å²) in [5.41, 5.74) is -1.05. The lowest BCUT2D eigenvalue weighted by Crippen LogP contribution is -2.42. The molecule has 0 aliphatic rings. The second kappa shape index (κ2) is 9.84. The predicted octanol–water partition coefficient (Wildman–Crippen LogP) is 3.57. The minimum Gasteiger partial charge on any atom is -0.394 e. The third kappa shape index (κ3) is 7.09. The summed E-state index contributed by atoms with van der Waals surface area (Å²) in [4.78, 5) is 14.1. The predicted molar refractivity (Wildman–Crippen MR) is 91.9 cm³/mol. The van der Waals surface area contributed by atoms with Crippen LogP contribution in [0, 0.1) is 0 Å². The van der Waals surface area contributed by atoms with Crippen molar-refractivity contribution in [2.24, 2.45) is 0 Å². The number of nitrogens with one attached hydrogen (secondary N) is 2. The molecule has 0 heterocycles. The van der Waals surface area contributed by atoms with Crippen molar-refractivity contribution in [1.29, 1.82) is 0 Å². The summed E-state index contributed by atoms with van der Waals surface area (Å²) in [6.45, 7) is 6.16. The van der Waals surface area contributed by atoms with Crippen LogP contribution in [0.5, 0.6) is 0 Å². The molecule has 1 rings (SSSR count). The van der Waals surface area contributed by atoms with E-state index in [4.69, 9.17) is 11.6 Å². The highest BCUT2D eigenvalue weighted by Crippen LogP contribution is 2.36. The zero-order valence-corrected chi connectivity index (χ0v) is 14.9. The number of halogens is 4. The Bertz CT molecular complexity index is 566. The third-order valence-electron chi connectivity index (χ3n) is 3.77. The minimum absolute atomic E-state index is 0.0327. The average molecular weight is 382 g/mol. The SMILES string of the molecule is CCN(CC)CC[C@H](CO)NC(=O)Nc1ccc(Cl)c(C(F)(F)F)c1. The molecule has 0 unspecified atom stereocenters. The monoisotopic (exact) mass is 381 g/mol. The van der Waals surface area contributed by atoms with Crippen LogP contribution in [0.2, 0.25) is 5.02 Å². The summed E-state index contributed by atoms with van der Waals surface area (Å²) in [6, 6.07) is 1.94. The fourth-order valence-corrected chi connectivity index (χ4v) is 2.48. The number of anilines is 1. The molecule has 1 atom stereocenters. The van der Waals surface area contributed by atoms with Gasteiger partial charge in [-0.05, 0) is 37.7 Å². The Kier molecular flexibility index (Phi) is 8.47. The second-order valence-electron chi connectivity index (χ2n) is 5.49. The van der Waals surface area contributed by atoms with Crippen LogP contribution in [0.1, 0.15) is 25.8 Å². The fourth-order valence-electron chi connectivity index (χ4n) is 2.26. The Balaban J connectivity index is 2.66. The first-order valence-electron chi connectivity index (χ1n) is 7.98. The van der Waals surface area contributed by atoms with Crippen LogP contribution in [-0.2, 0) is 6.18 Å². The van der Waals surface area contributed by atoms with Crippen molar-refractivity contribution in [3.05, 3.63) is 28.8 Å². The molecule has 0 bridgehead atoms. The van der Waals surface area contributed by atoms with Gasteiger partial charge in [-0.3, -0.25) is 0 Å². The van der Waals surface area contributed by atoms with Crippen LogP contribution in [0.25, 0.3) is 0 Å². The van der Waals surface area contributed by atoms with Crippen molar-refractivity contribution in [3.63, 3.8) is 0 Å². The number of rotatable bonds is 8. The van der Waals surface area contributed by atoms with E-state index >= 15 is 0 Å². The number of carbonyl (C=O) groups is 1. The van der Waals surface area contributed by atoms with E-state index in [0.717, 1.165) is 25.2 Å². The Morgan fingerprint density at radius 2 is 1.96 bits per heavy atom. The van der Waals surface area contributed by atoms with Gasteiger partial charge in [-0.1, -0.05) is 25.4 Å². The molecule has 3 N–H and O–H groups in total. The van der Waals surface area contributed by atoms with Gasteiger partial charge in [0.05, 0.1) is 23.2 Å². The highest BCUT2D eigenvalue weighted by atomic mass is 35.5. The molecular formula is C16H23ClF3N3O2. The highest BCUT2D eigenvalue weighted by Gasteiger charge is 2.33. The number of nitrogens with zero attached hydrogens (tertiary/aromatic N) is 1. The molecule has 0 aliphatic carbocycles. The van der Waals surface area contributed by atoms with E-state index in [1.165, 1.54) is 6.07 Å². The van der Waals surface area contributed by atoms with Crippen molar-refractivity contribution < 1.29 is 23.1 Å². The average Bonchev–Trinajstić information content (AvgIpc) is 2.55. The van der Waals surface area contributed by atoms with Gasteiger partial charge in [-0.2, -0.15) is 13.2 Å². The first-order valence-corrected chi connectivity index (χ1v) is 8.36. The molecule has 0 radical (unpaired) electrons. The molecule has 9 heteroatoms. The summed E-state index contributed by atoms with van der Waals surface area (Å²) in [7, 11) is 0. The number of alkyl halides is 3. The van der Waals surface area contributed by atoms with E-state index in [9.17, 15) is 23.1 Å². The molecule has 0 saturated carbocycles. The van der Waals surface area contributed by atoms with Gasteiger partial charge < -0.3 is 20.6 Å². The van der Waals surface area contributed by atoms with Gasteiger partial charge in [-0.25, -0.2) is 4.79 Å². The molecule has 0 fully saturated rings. The standard InChI is InChI=1S/C16H23ClF3N3O2/c1-3-23(4-2)8-7-12(10-24)22-15(25)21-11-5-6-14(17)13(9-11)16(18,19)20/h5-6,9,12,24H,3-4,7-8,10H2,1-2H3,(H2,21,22,25)/t12-/m1/s1. The van der Waals surface area contributed by atoms with Crippen LogP contribution in [0.3, 0.4) is 0 Å². The van der Waals surface area contributed by atoms with Crippen LogP contribution < -0.4 is 10.6 Å². The molecular weight excluding hydrogens is 359 g/mol. The maximum atomic E-state index is 12.8. The largest absolute Gasteiger partial charge is 0.417 e. The molecule has 0 aliphatic heterocycles. The van der Waals surface area contributed by atoms with Crippen molar-refractivity contribution >= 4 is 23.3 Å². The van der Waals surface area contributed by atoms with Gasteiger partial charge in [-0.15, -0.1) is 0 Å². The van der Waals surface area contributed by atoms with Crippen molar-refractivity contribution in [2.75, 3.05) is 31.6 Å². The van der Waals surface area contributed by atoms with Crippen LogP contribution >= 0.6 is 11.6 Å². The van der Waals surface area contributed by atoms with Crippen LogP contribution in [0.4, 0.5) is 23.7 Å². The van der Waals surface area contributed by atoms with E-state index in [1.54, 1.807) is 0 Å². The zero-order chi connectivity index (χ0) is 19.0. The number of aliphatic hydroxyl groups is 1. The van der Waals surface area contributed by atoms with Gasteiger partial charge in [0.2, 0.25) is 0 Å². The molecule has 5 nitrogen and oxygen atoms in total. The molecule has 142 valence electrons. The number of urea groups is 1. The first kappa shape index (κ1) is 21.5. The zero-order valence-electron chi connectivity index (χ0n) is 14.2. The molecule has 1 aromatic rings. The summed E-state index contributed by atoms with van der Waals surface area (Å²) >= 11 is 5.54. The molecule has 1 aromatic carbocycles. The van der Waals surface area contributed by atoms with E-state index in [2.05, 4.69) is 15.5 Å². The second-order valence-corrected chi connectivity index (χ2v) is 5.89. The lowest BCUT2D eigenvalue weighted by atomic mass is 10.2. The van der Waals surface area contributed by atoms with E-state index in [0.29, 0.717) is 13.0 Å². The number of hydrogen-bond donors (Lipinski definition) is 3. The minimum atomic E-state index is -4.61. The third-order valence-corrected chi connectivity index (χ3v) is 4.10. The lowest BCUT2D eigenvalue weighted by Gasteiger charge is -2.22. The lowest BCUT2D eigenvalue weighted by molar-refractivity contribution is -0.137. The number of aliphatic hydroxyl groups excluding tert-OH is 1. The Morgan fingerprint density at radius 3 is 2.48 bits per heavy atom. The highest BCUT2D eigenvalue weighted by molar-refractivity contribution is 6.31. The normalized spacial score (nSPS) is 13.0. The summed E-state index contributed by atoms with van der Waals surface area (Å²) < 4.78 is 38.5. The molecule has 0 saturated heterocycles. The summed E-state index contributed by atoms with van der Waals surface area (Å²) in [6.07, 6.45) is -4.08. The van der Waals surface area contributed by atoms with Crippen LogP contribution in [-0.4, -0.2) is 48.3 Å². The molecule has 0 aromatic heterocycles. The van der Waals surface area contributed by atoms with Crippen molar-refractivity contribution in [2.45, 2.75) is 32.5 Å². The van der Waals surface area contributed by atoms with Gasteiger partial charge in [0.25, 0.3) is 0 Å². The molecule has 0 spiro atoms. The van der Waals surface area contributed by atoms with Gasteiger partial charge in [0.1, 0.15) is 0 Å². The number of carbonyl (C=O) groups excluding carboxylic acids is 1.